The van der Waals surface area contributed by atoms with E-state index in [9.17, 15) is 0 Å². The van der Waals surface area contributed by atoms with E-state index >= 15 is 0 Å². The predicted molar refractivity (Wildman–Crippen MR) is 84.8 cm³/mol. The van der Waals surface area contributed by atoms with Gasteiger partial charge in [-0.3, -0.25) is 0 Å². The van der Waals surface area contributed by atoms with Crippen molar-refractivity contribution in [2.75, 3.05) is 0 Å². The summed E-state index contributed by atoms with van der Waals surface area (Å²) in [7, 11) is 0. The van der Waals surface area contributed by atoms with Crippen LogP contribution in [0.3, 0.4) is 0 Å². The zero-order chi connectivity index (χ0) is 14.7. The second-order valence-corrected chi connectivity index (χ2v) is 6.81. The van der Waals surface area contributed by atoms with E-state index < -0.39 is 5.54 Å². The van der Waals surface area contributed by atoms with Crippen molar-refractivity contribution in [2.45, 2.75) is 50.5 Å². The molecule has 112 valence electrons. The fourth-order valence-electron chi connectivity index (χ4n) is 2.93. The second kappa shape index (κ2) is 6.28. The molecular formula is C16H20BrN3O. The summed E-state index contributed by atoms with van der Waals surface area (Å²) in [4.78, 5) is 4.55. The molecule has 0 atom stereocenters. The van der Waals surface area contributed by atoms with Gasteiger partial charge >= 0.3 is 0 Å². The zero-order valence-corrected chi connectivity index (χ0v) is 13.6. The Hall–Kier alpha value is -1.20. The van der Waals surface area contributed by atoms with E-state index in [0.29, 0.717) is 18.1 Å². The smallest absolute Gasteiger partial charge is 0.246 e. The van der Waals surface area contributed by atoms with Gasteiger partial charge in [0, 0.05) is 10.9 Å². The molecule has 0 amide bonds. The maximum absolute atomic E-state index is 6.51. The van der Waals surface area contributed by atoms with E-state index in [1.165, 1.54) is 12.8 Å². The van der Waals surface area contributed by atoms with Crippen LogP contribution in [-0.4, -0.2) is 10.1 Å². The minimum atomic E-state index is -0.432. The van der Waals surface area contributed by atoms with E-state index in [-0.39, 0.29) is 0 Å². The largest absolute Gasteiger partial charge is 0.337 e. The van der Waals surface area contributed by atoms with Gasteiger partial charge in [0.05, 0.1) is 5.54 Å². The van der Waals surface area contributed by atoms with Crippen LogP contribution in [0, 0.1) is 0 Å². The highest BCUT2D eigenvalue weighted by molar-refractivity contribution is 9.10. The van der Waals surface area contributed by atoms with Crippen LogP contribution in [0.15, 0.2) is 33.3 Å². The Morgan fingerprint density at radius 3 is 2.67 bits per heavy atom. The average molecular weight is 350 g/mol. The molecule has 0 bridgehead atoms. The molecule has 1 aliphatic rings. The highest BCUT2D eigenvalue weighted by atomic mass is 79.9. The van der Waals surface area contributed by atoms with Crippen LogP contribution < -0.4 is 5.73 Å². The summed E-state index contributed by atoms with van der Waals surface area (Å²) in [5, 5.41) is 4.11. The molecule has 1 saturated carbocycles. The molecule has 5 heteroatoms. The van der Waals surface area contributed by atoms with Crippen molar-refractivity contribution >= 4 is 15.9 Å². The first kappa shape index (κ1) is 14.7. The second-order valence-electron chi connectivity index (χ2n) is 5.89. The van der Waals surface area contributed by atoms with Crippen LogP contribution in [0.4, 0.5) is 0 Å². The zero-order valence-electron chi connectivity index (χ0n) is 12.0. The van der Waals surface area contributed by atoms with Crippen molar-refractivity contribution in [3.8, 4) is 0 Å². The molecule has 0 aliphatic heterocycles. The van der Waals surface area contributed by atoms with Gasteiger partial charge in [0.15, 0.2) is 5.82 Å². The van der Waals surface area contributed by atoms with Gasteiger partial charge in [0.2, 0.25) is 5.89 Å². The van der Waals surface area contributed by atoms with E-state index in [1.54, 1.807) is 0 Å². The third kappa shape index (κ3) is 3.52. The Morgan fingerprint density at radius 2 is 1.95 bits per heavy atom. The van der Waals surface area contributed by atoms with Crippen molar-refractivity contribution < 1.29 is 4.52 Å². The molecule has 0 radical (unpaired) electrons. The minimum absolute atomic E-state index is 0.432. The summed E-state index contributed by atoms with van der Waals surface area (Å²) in [6.07, 6.45) is 7.31. The number of benzene rings is 1. The molecule has 0 unspecified atom stereocenters. The number of nitrogens with zero attached hydrogens (tertiary/aromatic N) is 2. The van der Waals surface area contributed by atoms with Crippen LogP contribution >= 0.6 is 15.9 Å². The van der Waals surface area contributed by atoms with Gasteiger partial charge in [-0.25, -0.2) is 0 Å². The molecule has 1 aromatic carbocycles. The van der Waals surface area contributed by atoms with Crippen molar-refractivity contribution in [3.05, 3.63) is 46.0 Å². The van der Waals surface area contributed by atoms with Crippen molar-refractivity contribution in [1.29, 1.82) is 0 Å². The lowest BCUT2D eigenvalue weighted by Gasteiger charge is -2.22. The Labute approximate surface area is 133 Å². The first-order chi connectivity index (χ1) is 10.2. The lowest BCUT2D eigenvalue weighted by Crippen LogP contribution is -2.36. The van der Waals surface area contributed by atoms with Gasteiger partial charge in [-0.05, 0) is 30.5 Å². The fraction of sp³-hybridized carbons (Fsp3) is 0.500. The summed E-state index contributed by atoms with van der Waals surface area (Å²) >= 11 is 3.48. The SMILES string of the molecule is NC1(c2nc(Cc3cccc(Br)c3)no2)CCCCCC1. The fourth-order valence-corrected chi connectivity index (χ4v) is 3.38. The number of nitrogens with two attached hydrogens (primary N) is 1. The first-order valence-electron chi connectivity index (χ1n) is 7.52. The predicted octanol–water partition coefficient (Wildman–Crippen LogP) is 3.93. The monoisotopic (exact) mass is 349 g/mol. The molecule has 4 nitrogen and oxygen atoms in total. The summed E-state index contributed by atoms with van der Waals surface area (Å²) in [5.41, 5.74) is 7.23. The third-order valence-electron chi connectivity index (χ3n) is 4.14. The summed E-state index contributed by atoms with van der Waals surface area (Å²) < 4.78 is 6.53. The number of hydrogen-bond acceptors (Lipinski definition) is 4. The van der Waals surface area contributed by atoms with Crippen molar-refractivity contribution in [1.82, 2.24) is 10.1 Å². The summed E-state index contributed by atoms with van der Waals surface area (Å²) in [6.45, 7) is 0. The number of rotatable bonds is 3. The molecule has 0 saturated heterocycles. The molecular weight excluding hydrogens is 330 g/mol. The van der Waals surface area contributed by atoms with Gasteiger partial charge in [0.1, 0.15) is 0 Å². The lowest BCUT2D eigenvalue weighted by molar-refractivity contribution is 0.256. The van der Waals surface area contributed by atoms with Crippen LogP contribution in [0.2, 0.25) is 0 Å². The third-order valence-corrected chi connectivity index (χ3v) is 4.63. The molecule has 1 aromatic heterocycles. The number of hydrogen-bond donors (Lipinski definition) is 1. The van der Waals surface area contributed by atoms with Gasteiger partial charge in [0.25, 0.3) is 0 Å². The molecule has 3 rings (SSSR count). The molecule has 0 spiro atoms. The van der Waals surface area contributed by atoms with E-state index in [0.717, 1.165) is 35.7 Å². The Balaban J connectivity index is 1.76. The average Bonchev–Trinajstić information content (AvgIpc) is 2.81. The van der Waals surface area contributed by atoms with Gasteiger partial charge < -0.3 is 10.3 Å². The maximum Gasteiger partial charge on any atom is 0.246 e. The summed E-state index contributed by atoms with van der Waals surface area (Å²) in [6, 6.07) is 8.15. The maximum atomic E-state index is 6.51. The summed E-state index contributed by atoms with van der Waals surface area (Å²) in [5.74, 6) is 1.31. The quantitative estimate of drug-likeness (QED) is 0.852. The Morgan fingerprint density at radius 1 is 1.19 bits per heavy atom. The van der Waals surface area contributed by atoms with Gasteiger partial charge in [-0.1, -0.05) is 58.9 Å². The number of aromatic nitrogens is 2. The topological polar surface area (TPSA) is 64.9 Å². The molecule has 2 N–H and O–H groups in total. The Kier molecular flexibility index (Phi) is 4.40. The molecule has 21 heavy (non-hydrogen) atoms. The number of halogens is 1. The van der Waals surface area contributed by atoms with Crippen LogP contribution in [0.1, 0.15) is 55.8 Å². The molecule has 1 aliphatic carbocycles. The minimum Gasteiger partial charge on any atom is -0.337 e. The Bertz CT molecular complexity index is 603. The normalized spacial score (nSPS) is 18.4. The van der Waals surface area contributed by atoms with Crippen LogP contribution in [-0.2, 0) is 12.0 Å². The van der Waals surface area contributed by atoms with Crippen LogP contribution in [0.5, 0.6) is 0 Å². The molecule has 2 aromatic rings. The molecule has 1 fully saturated rings. The van der Waals surface area contributed by atoms with Gasteiger partial charge in [-0.2, -0.15) is 4.98 Å². The van der Waals surface area contributed by atoms with Crippen molar-refractivity contribution in [2.24, 2.45) is 5.73 Å². The highest BCUT2D eigenvalue weighted by Gasteiger charge is 2.34. The van der Waals surface area contributed by atoms with E-state index in [1.807, 2.05) is 12.1 Å². The highest BCUT2D eigenvalue weighted by Crippen LogP contribution is 2.32. The first-order valence-corrected chi connectivity index (χ1v) is 8.31. The lowest BCUT2D eigenvalue weighted by atomic mass is 9.91. The van der Waals surface area contributed by atoms with E-state index in [2.05, 4.69) is 38.2 Å². The van der Waals surface area contributed by atoms with Gasteiger partial charge in [-0.15, -0.1) is 0 Å². The van der Waals surface area contributed by atoms with Crippen LogP contribution in [0.25, 0.3) is 0 Å². The van der Waals surface area contributed by atoms with E-state index in [4.69, 9.17) is 10.3 Å². The molecule has 1 heterocycles. The standard InChI is InChI=1S/C16H20BrN3O/c17-13-7-5-6-12(10-13)11-14-19-15(21-20-14)16(18)8-3-1-2-4-9-16/h5-7,10H,1-4,8-9,11,18H2. The van der Waals surface area contributed by atoms with Crippen molar-refractivity contribution in [3.63, 3.8) is 0 Å².